The number of benzene rings is 4. The second kappa shape index (κ2) is 34.5. The summed E-state index contributed by atoms with van der Waals surface area (Å²) in [6.07, 6.45) is 4.23. The number of hydrogen-bond donors (Lipinski definition) is 0. The fraction of sp³-hybridized carbons (Fsp3) is 0.536. The van der Waals surface area contributed by atoms with Crippen molar-refractivity contribution >= 4 is 46.3 Å². The molecule has 4 aromatic carbocycles. The highest BCUT2D eigenvalue weighted by atomic mass is 16.7. The summed E-state index contributed by atoms with van der Waals surface area (Å²) in [6, 6.07) is 0. The summed E-state index contributed by atoms with van der Waals surface area (Å²) in [7, 11) is 8.69. The lowest BCUT2D eigenvalue weighted by Gasteiger charge is -2.26. The molecule has 0 bridgehead atoms. The molecule has 6 aliphatic rings. The molecule has 29 heteroatoms. The van der Waals surface area contributed by atoms with Crippen molar-refractivity contribution in [2.45, 2.75) is 121 Å². The van der Waals surface area contributed by atoms with Crippen molar-refractivity contribution in [3.8, 4) is 86.2 Å². The van der Waals surface area contributed by atoms with Gasteiger partial charge in [0.2, 0.25) is 27.2 Å². The highest BCUT2D eigenvalue weighted by Crippen LogP contribution is 2.56. The maximum atomic E-state index is 13.3. The Hall–Kier alpha value is -9.00. The first-order valence-electron chi connectivity index (χ1n) is 31.4. The smallest absolute Gasteiger partial charge is 0.231 e. The Morgan fingerprint density at radius 2 is 0.643 bits per heavy atom. The van der Waals surface area contributed by atoms with E-state index in [1.54, 1.807) is 41.5 Å². The third-order valence-corrected chi connectivity index (χ3v) is 15.0. The van der Waals surface area contributed by atoms with Crippen molar-refractivity contribution in [2.75, 3.05) is 117 Å². The number of fused-ring (bicyclic) bond motifs is 9. The average Bonchev–Trinajstić information content (AvgIpc) is 1.69. The Morgan fingerprint density at radius 3 is 0.959 bits per heavy atom. The normalized spacial score (nSPS) is 14.0. The quantitative estimate of drug-likeness (QED) is 0.0376. The molecule has 0 spiro atoms. The lowest BCUT2D eigenvalue weighted by atomic mass is 9.82. The van der Waals surface area contributed by atoms with Crippen LogP contribution in [0, 0.1) is 10.8 Å². The van der Waals surface area contributed by atoms with Crippen molar-refractivity contribution in [3.63, 3.8) is 0 Å². The molecule has 0 radical (unpaired) electrons. The van der Waals surface area contributed by atoms with Gasteiger partial charge < -0.3 is 99.5 Å². The summed E-state index contributed by atoms with van der Waals surface area (Å²) in [5.41, 5.74) is 1.30. The molecular formula is C69H86O29. The van der Waals surface area contributed by atoms with Gasteiger partial charge in [0.1, 0.15) is 44.7 Å². The molecule has 5 heterocycles. The minimum atomic E-state index is -0.751. The molecule has 0 fully saturated rings. The zero-order chi connectivity index (χ0) is 71.8. The Balaban J connectivity index is 0.000000186. The average molecular weight is 1380 g/mol. The van der Waals surface area contributed by atoms with Crippen molar-refractivity contribution in [2.24, 2.45) is 10.8 Å². The standard InChI is InChI=1S/C21H30O8.C19H26O8.C15H18O8.C14H12O5/c1-20(2,3)18(22)12-14(26-9-24-7)15(27-10-25-8)13(19(23)21(4,5)6)17-16(12)28-11-29-17;1-5-7-12(20)14-16(24-9-22-3)17(25-10-23-4)15(13(21)8-6-2)19-18(14)26-11-27-19;1-8(16)10-12(20-5-18-3)13(21-6-19-4)11(9(2)17)15-14(10)22-7-23-15;15-8-3-1-2-7-10(8)13-14(19-6-18-13)11-9(16)4-5-17-12(7)11/h9-11H2,1-8H3;5-11H2,1-4H3;5-7H2,1-4H3;1-6H2. The molecule has 29 nitrogen and oxygen atoms in total. The van der Waals surface area contributed by atoms with Crippen molar-refractivity contribution in [1.29, 1.82) is 0 Å². The summed E-state index contributed by atoms with van der Waals surface area (Å²) in [4.78, 5) is 101. The second-order valence-corrected chi connectivity index (χ2v) is 24.3. The SMILES string of the molecule is CCCC(=O)c1c(OCOC)c(OCOC)c(C(=O)CCC)c2c1OCO2.COCOc1c(OCOC)c(C(=O)C(C)(C)C)c2c(c1C(=O)C(C)(C)C)OCO2.COCOc1c(OCOC)c(C(C)=O)c2c(c1C(C)=O)OCO2.O=C1CCCc2c3c(c4c(c21)OCO4)C(=O)CCO3. The summed E-state index contributed by atoms with van der Waals surface area (Å²) in [5, 5.41) is 0. The molecule has 1 aliphatic carbocycles. The van der Waals surface area contributed by atoms with Crippen LogP contribution in [-0.4, -0.2) is 163 Å². The fourth-order valence-electron chi connectivity index (χ4n) is 10.8. The maximum absolute atomic E-state index is 13.3. The van der Waals surface area contributed by atoms with E-state index < -0.39 is 10.8 Å². The number of hydrogen-bond acceptors (Lipinski definition) is 29. The fourth-order valence-corrected chi connectivity index (χ4v) is 10.8. The molecule has 0 atom stereocenters. The zero-order valence-electron chi connectivity index (χ0n) is 58.3. The molecule has 0 N–H and O–H groups in total. The Morgan fingerprint density at radius 1 is 0.357 bits per heavy atom. The molecule has 98 heavy (non-hydrogen) atoms. The summed E-state index contributed by atoms with van der Waals surface area (Å²) in [5.74, 6) is 1.49. The Kier molecular flexibility index (Phi) is 26.9. The van der Waals surface area contributed by atoms with Crippen molar-refractivity contribution in [3.05, 3.63) is 50.1 Å². The molecule has 4 aromatic rings. The van der Waals surface area contributed by atoms with Crippen LogP contribution in [0.15, 0.2) is 0 Å². The molecular weight excluding hydrogens is 1290 g/mol. The van der Waals surface area contributed by atoms with Crippen LogP contribution in [0.5, 0.6) is 86.2 Å². The van der Waals surface area contributed by atoms with Crippen LogP contribution in [0.3, 0.4) is 0 Å². The number of methoxy groups -OCH3 is 6. The molecule has 10 rings (SSSR count). The lowest BCUT2D eigenvalue weighted by Crippen LogP contribution is -2.25. The number of carbonyl (C=O) groups excluding carboxylic acids is 8. The van der Waals surface area contributed by atoms with Gasteiger partial charge in [-0.1, -0.05) is 55.4 Å². The van der Waals surface area contributed by atoms with Gasteiger partial charge in [-0.2, -0.15) is 0 Å². The van der Waals surface area contributed by atoms with Gasteiger partial charge in [0.15, 0.2) is 168 Å². The largest absolute Gasteiger partial charge is 0.492 e. The van der Waals surface area contributed by atoms with Crippen molar-refractivity contribution < 1.29 is 138 Å². The first-order chi connectivity index (χ1) is 46.8. The van der Waals surface area contributed by atoms with Crippen LogP contribution in [0.25, 0.3) is 0 Å². The van der Waals surface area contributed by atoms with Crippen molar-refractivity contribution in [1.82, 2.24) is 0 Å². The Bertz CT molecular complexity index is 3420. The highest BCUT2D eigenvalue weighted by Gasteiger charge is 2.44. The topological polar surface area (TPSA) is 330 Å². The third-order valence-electron chi connectivity index (χ3n) is 15.0. The maximum Gasteiger partial charge on any atom is 0.231 e. The monoisotopic (exact) mass is 1380 g/mol. The number of ether oxygens (including phenoxy) is 21. The molecule has 0 saturated heterocycles. The Labute approximate surface area is 567 Å². The summed E-state index contributed by atoms with van der Waals surface area (Å²) in [6.45, 7) is 16.4. The number of carbonyl (C=O) groups is 8. The highest BCUT2D eigenvalue weighted by molar-refractivity contribution is 6.14. The van der Waals surface area contributed by atoms with E-state index in [1.807, 2.05) is 13.8 Å². The van der Waals surface area contributed by atoms with Gasteiger partial charge in [0, 0.05) is 84.7 Å². The third kappa shape index (κ3) is 16.6. The number of Topliss-reactive ketones (excluding diaryl/α,β-unsaturated/α-hetero) is 8. The van der Waals surface area contributed by atoms with Gasteiger partial charge in [0.25, 0.3) is 0 Å². The van der Waals surface area contributed by atoms with Crippen LogP contribution in [-0.2, 0) is 34.8 Å². The van der Waals surface area contributed by atoms with Crippen LogP contribution in [0.1, 0.15) is 203 Å². The minimum absolute atomic E-state index is 0.00354. The second-order valence-electron chi connectivity index (χ2n) is 24.3. The van der Waals surface area contributed by atoms with Gasteiger partial charge >= 0.3 is 0 Å². The first-order valence-corrected chi connectivity index (χ1v) is 31.4. The predicted octanol–water partition coefficient (Wildman–Crippen LogP) is 10.9. The van der Waals surface area contributed by atoms with Gasteiger partial charge in [-0.15, -0.1) is 0 Å². The predicted molar refractivity (Wildman–Crippen MR) is 343 cm³/mol. The molecule has 0 aromatic heterocycles. The van der Waals surface area contributed by atoms with Crippen LogP contribution in [0.4, 0.5) is 0 Å². The van der Waals surface area contributed by atoms with Gasteiger partial charge in [-0.25, -0.2) is 0 Å². The number of ketones is 8. The van der Waals surface area contributed by atoms with E-state index in [1.165, 1.54) is 56.5 Å². The first kappa shape index (κ1) is 76.4. The summed E-state index contributed by atoms with van der Waals surface area (Å²) >= 11 is 0. The van der Waals surface area contributed by atoms with E-state index in [2.05, 4.69) is 0 Å². The van der Waals surface area contributed by atoms with Gasteiger partial charge in [-0.05, 0) is 39.5 Å². The molecule has 0 amide bonds. The van der Waals surface area contributed by atoms with E-state index in [9.17, 15) is 38.4 Å². The number of rotatable bonds is 28. The summed E-state index contributed by atoms with van der Waals surface area (Å²) < 4.78 is 113. The molecule has 536 valence electrons. The van der Waals surface area contributed by atoms with E-state index in [-0.39, 0.29) is 229 Å². The van der Waals surface area contributed by atoms with Crippen LogP contribution in [0.2, 0.25) is 0 Å². The molecule has 5 aliphatic heterocycles. The molecule has 0 saturated carbocycles. The van der Waals surface area contributed by atoms with E-state index in [4.69, 9.17) is 99.5 Å². The van der Waals surface area contributed by atoms with Gasteiger partial charge in [0.05, 0.1) is 12.2 Å². The minimum Gasteiger partial charge on any atom is -0.492 e. The molecule has 0 unspecified atom stereocenters. The van der Waals surface area contributed by atoms with E-state index >= 15 is 0 Å². The van der Waals surface area contributed by atoms with E-state index in [0.29, 0.717) is 60.7 Å². The van der Waals surface area contributed by atoms with Gasteiger partial charge in [-0.3, -0.25) is 38.4 Å². The van der Waals surface area contributed by atoms with E-state index in [0.717, 1.165) is 18.4 Å². The van der Waals surface area contributed by atoms with Crippen LogP contribution < -0.4 is 71.1 Å². The zero-order valence-corrected chi connectivity index (χ0v) is 58.3. The lowest BCUT2D eigenvalue weighted by molar-refractivity contribution is 0.0304. The van der Waals surface area contributed by atoms with Crippen LogP contribution >= 0.6 is 0 Å².